The van der Waals surface area contributed by atoms with Crippen molar-refractivity contribution >= 4 is 41.3 Å². The van der Waals surface area contributed by atoms with Crippen LogP contribution in [0.2, 0.25) is 0 Å². The summed E-state index contributed by atoms with van der Waals surface area (Å²) in [7, 11) is -6.41. The standard InChI is InChI=1S/C47H55N2O5.F6P/c1-48(39-17-15-38(16-18-39)45-41-9-3-5-11-43(41)49(2)44-12-6-4-10-42(44)45)21-23-51-24-25-52-26-27-53-40-19-13-34(14-20-40)8-7-22-54-46(50)47-31-35-28-36(32-47)30-37(29-35)33-47;1-7(2,3,4,5)6/h3-6,9-20,35-37H,7-8,21-33H2,1-2H3;/q+1;-1. The van der Waals surface area contributed by atoms with Crippen LogP contribution in [0.1, 0.15) is 50.5 Å². The van der Waals surface area contributed by atoms with Gasteiger partial charge in [0.2, 0.25) is 11.0 Å². The summed E-state index contributed by atoms with van der Waals surface area (Å²) in [6, 6.07) is 34.4. The minimum absolute atomic E-state index is 0.0885. The van der Waals surface area contributed by atoms with Crippen molar-refractivity contribution < 1.29 is 53.5 Å². The van der Waals surface area contributed by atoms with Gasteiger partial charge >= 0.3 is 39.0 Å². The number of halogens is 6. The third-order valence-corrected chi connectivity index (χ3v) is 12.3. The third-order valence-electron chi connectivity index (χ3n) is 12.3. The first-order valence-electron chi connectivity index (χ1n) is 21.1. The number of aryl methyl sites for hydroxylation is 2. The molecule has 7 nitrogen and oxygen atoms in total. The van der Waals surface area contributed by atoms with Gasteiger partial charge in [0, 0.05) is 37.0 Å². The van der Waals surface area contributed by atoms with Crippen molar-refractivity contribution in [3.05, 3.63) is 103 Å². The van der Waals surface area contributed by atoms with Crippen molar-refractivity contribution in [2.45, 2.75) is 51.4 Å². The van der Waals surface area contributed by atoms with E-state index in [2.05, 4.69) is 108 Å². The Balaban J connectivity index is 0.000000739. The molecule has 4 fully saturated rings. The van der Waals surface area contributed by atoms with Crippen molar-refractivity contribution in [3.8, 4) is 16.9 Å². The van der Waals surface area contributed by atoms with E-state index in [0.29, 0.717) is 39.6 Å². The van der Waals surface area contributed by atoms with Crippen LogP contribution in [-0.4, -0.2) is 59.2 Å². The molecule has 9 rings (SSSR count). The first kappa shape index (κ1) is 44.6. The van der Waals surface area contributed by atoms with Gasteiger partial charge in [-0.05, 0) is 117 Å². The number of aromatic nitrogens is 1. The zero-order valence-corrected chi connectivity index (χ0v) is 35.6. The van der Waals surface area contributed by atoms with Gasteiger partial charge in [-0.1, -0.05) is 48.5 Å². The van der Waals surface area contributed by atoms with E-state index in [1.165, 1.54) is 57.8 Å². The molecule has 0 spiro atoms. The molecular weight excluding hydrogens is 817 g/mol. The molecule has 0 unspecified atom stereocenters. The van der Waals surface area contributed by atoms with Gasteiger partial charge in [0.25, 0.3) is 0 Å². The molecular formula is C47H55F6N2O5P. The second kappa shape index (κ2) is 17.7. The van der Waals surface area contributed by atoms with Crippen molar-refractivity contribution in [1.29, 1.82) is 0 Å². The predicted molar refractivity (Wildman–Crippen MR) is 228 cm³/mol. The van der Waals surface area contributed by atoms with Gasteiger partial charge in [0.1, 0.15) is 19.4 Å². The molecule has 0 N–H and O–H groups in total. The van der Waals surface area contributed by atoms with E-state index < -0.39 is 7.81 Å². The van der Waals surface area contributed by atoms with E-state index in [-0.39, 0.29) is 11.4 Å². The van der Waals surface area contributed by atoms with E-state index in [1.807, 2.05) is 12.1 Å². The number of ether oxygens (including phenoxy) is 4. The van der Waals surface area contributed by atoms with Crippen LogP contribution in [-0.2, 0) is 32.5 Å². The molecule has 4 aliphatic carbocycles. The van der Waals surface area contributed by atoms with E-state index in [9.17, 15) is 30.0 Å². The van der Waals surface area contributed by atoms with Gasteiger partial charge in [0.05, 0.1) is 49.2 Å². The molecule has 61 heavy (non-hydrogen) atoms. The zero-order valence-electron chi connectivity index (χ0n) is 34.7. The van der Waals surface area contributed by atoms with E-state index in [0.717, 1.165) is 67.8 Å². The van der Waals surface area contributed by atoms with Crippen LogP contribution in [0.3, 0.4) is 0 Å². The molecule has 4 saturated carbocycles. The van der Waals surface area contributed by atoms with Gasteiger partial charge in [-0.25, -0.2) is 0 Å². The van der Waals surface area contributed by atoms with Gasteiger partial charge in [0.15, 0.2) is 0 Å². The summed E-state index contributed by atoms with van der Waals surface area (Å²) in [5, 5.41) is 2.51. The number of esters is 1. The molecule has 4 aromatic carbocycles. The molecule has 14 heteroatoms. The summed E-state index contributed by atoms with van der Waals surface area (Å²) in [6.07, 6.45) is 8.98. The fourth-order valence-corrected chi connectivity index (χ4v) is 10.0. The summed E-state index contributed by atoms with van der Waals surface area (Å²) in [6.45, 7) is 4.00. The summed E-state index contributed by atoms with van der Waals surface area (Å²) in [5.41, 5.74) is 7.16. The fraction of sp³-hybridized carbons (Fsp3) is 0.447. The number of benzene rings is 4. The number of rotatable bonds is 17. The van der Waals surface area contributed by atoms with E-state index in [4.69, 9.17) is 18.9 Å². The van der Waals surface area contributed by atoms with Crippen LogP contribution < -0.4 is 14.2 Å². The minimum atomic E-state index is -10.7. The molecule has 0 saturated heterocycles. The van der Waals surface area contributed by atoms with Crippen molar-refractivity contribution in [3.63, 3.8) is 0 Å². The number of para-hydroxylation sites is 2. The van der Waals surface area contributed by atoms with Crippen LogP contribution in [0.4, 0.5) is 30.9 Å². The van der Waals surface area contributed by atoms with Crippen molar-refractivity contribution in [2.75, 3.05) is 58.1 Å². The summed E-state index contributed by atoms with van der Waals surface area (Å²) in [4.78, 5) is 15.3. The van der Waals surface area contributed by atoms with Crippen LogP contribution in [0, 0.1) is 23.2 Å². The number of nitrogens with zero attached hydrogens (tertiary/aromatic N) is 2. The molecule has 0 amide bonds. The number of likely N-dealkylation sites (N-methyl/N-ethyl adjacent to an activating group) is 1. The van der Waals surface area contributed by atoms with Gasteiger partial charge in [-0.2, -0.15) is 4.57 Å². The molecule has 0 radical (unpaired) electrons. The molecule has 330 valence electrons. The Morgan fingerprint density at radius 2 is 1.20 bits per heavy atom. The van der Waals surface area contributed by atoms with Crippen molar-refractivity contribution in [1.82, 2.24) is 0 Å². The Morgan fingerprint density at radius 3 is 1.75 bits per heavy atom. The van der Waals surface area contributed by atoms with Crippen LogP contribution >= 0.6 is 7.81 Å². The number of fused-ring (bicyclic) bond motifs is 2. The van der Waals surface area contributed by atoms with Gasteiger partial charge in [-0.15, -0.1) is 0 Å². The third kappa shape index (κ3) is 12.4. The number of hydrogen-bond donors (Lipinski definition) is 0. The van der Waals surface area contributed by atoms with E-state index >= 15 is 0 Å². The molecule has 0 aliphatic heterocycles. The summed E-state index contributed by atoms with van der Waals surface area (Å²) in [5.74, 6) is 3.21. The number of anilines is 1. The average molecular weight is 873 g/mol. The monoisotopic (exact) mass is 872 g/mol. The normalized spacial score (nSPS) is 21.7. The van der Waals surface area contributed by atoms with Crippen LogP contribution in [0.25, 0.3) is 32.9 Å². The first-order valence-corrected chi connectivity index (χ1v) is 23.2. The number of pyridine rings is 1. The van der Waals surface area contributed by atoms with Crippen LogP contribution in [0.5, 0.6) is 5.75 Å². The Labute approximate surface area is 353 Å². The SMILES string of the molecule is CN(CCOCCOCCOc1ccc(CCCOC(=O)C23CC4CC(CC(C4)C2)C3)cc1)c1ccc(-c2c3ccccc3[n+](C)c3ccccc23)cc1.F[P-](F)(F)(F)(F)F. The Kier molecular flexibility index (Phi) is 13.0. The summed E-state index contributed by atoms with van der Waals surface area (Å²) < 4.78 is 84.8. The first-order chi connectivity index (χ1) is 28.9. The zero-order chi connectivity index (χ0) is 43.3. The van der Waals surface area contributed by atoms with Gasteiger partial charge < -0.3 is 23.8 Å². The number of carbonyl (C=O) groups excluding carboxylic acids is 1. The molecule has 1 heterocycles. The van der Waals surface area contributed by atoms with Crippen LogP contribution in [0.15, 0.2) is 97.1 Å². The Hall–Kier alpha value is -4.45. The maximum absolute atomic E-state index is 13.1. The van der Waals surface area contributed by atoms with Gasteiger partial charge in [-0.3, -0.25) is 4.79 Å². The number of hydrogen-bond acceptors (Lipinski definition) is 6. The van der Waals surface area contributed by atoms with E-state index in [1.54, 1.807) is 0 Å². The topological polar surface area (TPSA) is 61.1 Å². The Bertz CT molecular complexity index is 2190. The quantitative estimate of drug-likeness (QED) is 0.0232. The molecule has 4 aliphatic rings. The van der Waals surface area contributed by atoms with Crippen molar-refractivity contribution in [2.24, 2.45) is 30.2 Å². The second-order valence-electron chi connectivity index (χ2n) is 17.0. The summed E-state index contributed by atoms with van der Waals surface area (Å²) >= 11 is 0. The predicted octanol–water partition coefficient (Wildman–Crippen LogP) is 12.1. The molecule has 1 aromatic heterocycles. The average Bonchev–Trinajstić information content (AvgIpc) is 3.21. The number of carbonyl (C=O) groups is 1. The maximum atomic E-state index is 13.1. The molecule has 5 aromatic rings. The molecule has 0 atom stereocenters. The fourth-order valence-electron chi connectivity index (χ4n) is 10.0. The second-order valence-corrected chi connectivity index (χ2v) is 19.0. The Morgan fingerprint density at radius 1 is 0.689 bits per heavy atom. The molecule has 4 bridgehead atoms.